The van der Waals surface area contributed by atoms with Crippen molar-refractivity contribution in [2.45, 2.75) is 45.1 Å². The summed E-state index contributed by atoms with van der Waals surface area (Å²) >= 11 is 1.63. The van der Waals surface area contributed by atoms with Crippen LogP contribution in [0.25, 0.3) is 0 Å². The van der Waals surface area contributed by atoms with E-state index >= 15 is 0 Å². The smallest absolute Gasteiger partial charge is 0.233 e. The van der Waals surface area contributed by atoms with Crippen molar-refractivity contribution in [1.82, 2.24) is 0 Å². The summed E-state index contributed by atoms with van der Waals surface area (Å²) < 4.78 is 19.6. The molecule has 6 rings (SSSR count). The summed E-state index contributed by atoms with van der Waals surface area (Å²) in [6.45, 7) is 5.00. The minimum Gasteiger partial charge on any atom is -0.493 e. The van der Waals surface area contributed by atoms with Crippen LogP contribution in [0, 0.1) is 6.92 Å². The molecule has 2 aliphatic rings. The maximum absolute atomic E-state index is 6.98. The van der Waals surface area contributed by atoms with E-state index in [-0.39, 0.29) is 0 Å². The van der Waals surface area contributed by atoms with E-state index < -0.39 is 5.60 Å². The van der Waals surface area contributed by atoms with Crippen molar-refractivity contribution in [3.63, 3.8) is 0 Å². The molecule has 0 saturated carbocycles. The van der Waals surface area contributed by atoms with Gasteiger partial charge in [0.15, 0.2) is 5.60 Å². The minimum absolute atomic E-state index is 0.624. The van der Waals surface area contributed by atoms with Gasteiger partial charge in [0, 0.05) is 22.8 Å². The third-order valence-electron chi connectivity index (χ3n) is 6.82. The van der Waals surface area contributed by atoms with E-state index in [4.69, 9.17) is 19.2 Å². The Hall–Kier alpha value is -3.57. The van der Waals surface area contributed by atoms with Crippen LogP contribution in [0.1, 0.15) is 59.7 Å². The van der Waals surface area contributed by atoms with Gasteiger partial charge in [-0.3, -0.25) is 0 Å². The number of unbranched alkanes of at least 4 members (excludes halogenated alkanes) is 3. The number of thiophene rings is 1. The zero-order chi connectivity index (χ0) is 24.5. The molecule has 1 atom stereocenters. The molecule has 0 bridgehead atoms. The second-order valence-electron chi connectivity index (χ2n) is 9.36. The third-order valence-corrected chi connectivity index (χ3v) is 7.68. The minimum atomic E-state index is -0.881. The van der Waals surface area contributed by atoms with Crippen LogP contribution in [0.15, 0.2) is 83.2 Å². The topological polar surface area (TPSA) is 40.0 Å². The van der Waals surface area contributed by atoms with Gasteiger partial charge in [0.2, 0.25) is 5.90 Å². The normalized spacial score (nSPS) is 17.3. The molecule has 1 spiro atoms. The molecule has 3 aromatic carbocycles. The van der Waals surface area contributed by atoms with Crippen LogP contribution in [0.2, 0.25) is 0 Å². The second-order valence-corrected chi connectivity index (χ2v) is 10.3. The van der Waals surface area contributed by atoms with Crippen molar-refractivity contribution < 1.29 is 14.2 Å². The Kier molecular flexibility index (Phi) is 6.02. The number of benzene rings is 3. The largest absolute Gasteiger partial charge is 0.493 e. The average Bonchev–Trinajstić information content (AvgIpc) is 3.43. The van der Waals surface area contributed by atoms with Gasteiger partial charge in [-0.25, -0.2) is 4.99 Å². The Morgan fingerprint density at radius 3 is 2.53 bits per heavy atom. The number of hydrogen-bond donors (Lipinski definition) is 0. The average molecular weight is 496 g/mol. The molecule has 4 aromatic rings. The molecular weight excluding hydrogens is 466 g/mol. The van der Waals surface area contributed by atoms with Crippen LogP contribution in [-0.2, 0) is 10.3 Å². The number of nitrogens with zero attached hydrogens (tertiary/aromatic N) is 1. The van der Waals surface area contributed by atoms with E-state index in [1.54, 1.807) is 11.3 Å². The standard InChI is InChI=1S/C31H29NO3S/c1-3-4-5-8-17-33-22-14-16-25-28(20-22)34-27-19-21(2)13-15-24(27)31(25)23-10-6-7-11-26(23)32-30(35-31)29-12-9-18-36-29/h6-7,9-16,18-20H,3-5,8,17H2,1-2H3. The number of hydrogen-bond acceptors (Lipinski definition) is 5. The summed E-state index contributed by atoms with van der Waals surface area (Å²) in [5.41, 5.74) is 4.09. The highest BCUT2D eigenvalue weighted by Gasteiger charge is 2.50. The predicted molar refractivity (Wildman–Crippen MR) is 145 cm³/mol. The molecule has 4 nitrogen and oxygen atoms in total. The van der Waals surface area contributed by atoms with Gasteiger partial charge in [0.1, 0.15) is 17.2 Å². The quantitative estimate of drug-likeness (QED) is 0.241. The van der Waals surface area contributed by atoms with Crippen LogP contribution in [0.3, 0.4) is 0 Å². The van der Waals surface area contributed by atoms with E-state index in [9.17, 15) is 0 Å². The predicted octanol–water partition coefficient (Wildman–Crippen LogP) is 8.52. The second kappa shape index (κ2) is 9.47. The van der Waals surface area contributed by atoms with Gasteiger partial charge in [-0.2, -0.15) is 0 Å². The van der Waals surface area contributed by atoms with E-state index in [1.807, 2.05) is 35.7 Å². The summed E-state index contributed by atoms with van der Waals surface area (Å²) in [6, 6.07) is 24.8. The molecule has 182 valence electrons. The molecule has 0 amide bonds. The number of fused-ring (bicyclic) bond motifs is 6. The number of rotatable bonds is 7. The van der Waals surface area contributed by atoms with Crippen LogP contribution in [0.5, 0.6) is 17.2 Å². The molecule has 0 saturated heterocycles. The van der Waals surface area contributed by atoms with Crippen molar-refractivity contribution in [3.05, 3.63) is 105 Å². The Balaban J connectivity index is 1.49. The summed E-state index contributed by atoms with van der Waals surface area (Å²) in [5.74, 6) is 2.98. The van der Waals surface area contributed by atoms with Gasteiger partial charge in [-0.05, 0) is 54.6 Å². The first-order valence-electron chi connectivity index (χ1n) is 12.7. The maximum Gasteiger partial charge on any atom is 0.233 e. The summed E-state index contributed by atoms with van der Waals surface area (Å²) in [5, 5.41) is 2.05. The van der Waals surface area contributed by atoms with Crippen LogP contribution in [0.4, 0.5) is 5.69 Å². The van der Waals surface area contributed by atoms with Gasteiger partial charge in [0.25, 0.3) is 0 Å². The lowest BCUT2D eigenvalue weighted by atomic mass is 9.76. The van der Waals surface area contributed by atoms with Crippen molar-refractivity contribution in [2.75, 3.05) is 6.61 Å². The lowest BCUT2D eigenvalue weighted by molar-refractivity contribution is 0.124. The zero-order valence-corrected chi connectivity index (χ0v) is 21.4. The van der Waals surface area contributed by atoms with E-state index in [1.165, 1.54) is 19.3 Å². The fourth-order valence-corrected chi connectivity index (χ4v) is 5.71. The highest BCUT2D eigenvalue weighted by Crippen LogP contribution is 2.56. The molecule has 5 heteroatoms. The molecule has 0 N–H and O–H groups in total. The molecule has 0 aliphatic carbocycles. The van der Waals surface area contributed by atoms with E-state index in [0.29, 0.717) is 12.5 Å². The van der Waals surface area contributed by atoms with Gasteiger partial charge < -0.3 is 14.2 Å². The SMILES string of the molecule is CCCCCCOc1ccc2c(c1)Oc1cc(C)ccc1C21OC(c2cccs2)=Nc2ccccc21. The first kappa shape index (κ1) is 22.9. The number of para-hydroxylation sites is 1. The van der Waals surface area contributed by atoms with E-state index in [0.717, 1.165) is 56.5 Å². The Labute approximate surface area is 216 Å². The molecule has 36 heavy (non-hydrogen) atoms. The zero-order valence-electron chi connectivity index (χ0n) is 20.6. The van der Waals surface area contributed by atoms with Crippen molar-refractivity contribution in [3.8, 4) is 17.2 Å². The van der Waals surface area contributed by atoms with Crippen molar-refractivity contribution in [2.24, 2.45) is 4.99 Å². The highest BCUT2D eigenvalue weighted by molar-refractivity contribution is 7.12. The molecule has 1 unspecified atom stereocenters. The van der Waals surface area contributed by atoms with Gasteiger partial charge in [-0.15, -0.1) is 11.3 Å². The fraction of sp³-hybridized carbons (Fsp3) is 0.258. The third kappa shape index (κ3) is 3.88. The Bertz CT molecular complexity index is 1430. The van der Waals surface area contributed by atoms with Gasteiger partial charge in [-0.1, -0.05) is 62.6 Å². The summed E-state index contributed by atoms with van der Waals surface area (Å²) in [7, 11) is 0. The molecule has 1 aromatic heterocycles. The Morgan fingerprint density at radius 2 is 1.69 bits per heavy atom. The first-order valence-corrected chi connectivity index (χ1v) is 13.5. The van der Waals surface area contributed by atoms with Gasteiger partial charge >= 0.3 is 0 Å². The monoisotopic (exact) mass is 495 g/mol. The van der Waals surface area contributed by atoms with Crippen LogP contribution in [-0.4, -0.2) is 12.5 Å². The van der Waals surface area contributed by atoms with Crippen molar-refractivity contribution >= 4 is 22.9 Å². The van der Waals surface area contributed by atoms with Gasteiger partial charge in [0.05, 0.1) is 17.2 Å². The van der Waals surface area contributed by atoms with Crippen LogP contribution < -0.4 is 9.47 Å². The first-order chi connectivity index (χ1) is 17.7. The summed E-state index contributed by atoms with van der Waals surface area (Å²) in [6.07, 6.45) is 4.68. The maximum atomic E-state index is 6.98. The molecule has 0 radical (unpaired) electrons. The molecule has 0 fully saturated rings. The lowest BCUT2D eigenvalue weighted by Crippen LogP contribution is -2.39. The highest BCUT2D eigenvalue weighted by atomic mass is 32.1. The lowest BCUT2D eigenvalue weighted by Gasteiger charge is -2.43. The number of aryl methyl sites for hydroxylation is 1. The number of ether oxygens (including phenoxy) is 3. The number of aliphatic imine (C=N–C) groups is 1. The van der Waals surface area contributed by atoms with Crippen molar-refractivity contribution in [1.29, 1.82) is 0 Å². The van der Waals surface area contributed by atoms with Crippen LogP contribution >= 0.6 is 11.3 Å². The summed E-state index contributed by atoms with van der Waals surface area (Å²) in [4.78, 5) is 5.92. The van der Waals surface area contributed by atoms with E-state index in [2.05, 4.69) is 56.3 Å². The fourth-order valence-electron chi connectivity index (χ4n) is 5.06. The molecular formula is C31H29NO3S. The Morgan fingerprint density at radius 1 is 0.861 bits per heavy atom. The molecule has 3 heterocycles. The molecule has 2 aliphatic heterocycles.